The first kappa shape index (κ1) is 20.1. The molecule has 0 aliphatic carbocycles. The molecular formula is C22H19ClN2O2S2. The lowest BCUT2D eigenvalue weighted by molar-refractivity contribution is -0.115. The molecule has 2 amide bonds. The summed E-state index contributed by atoms with van der Waals surface area (Å²) in [5, 5.41) is 0.522. The third-order valence-electron chi connectivity index (χ3n) is 4.97. The summed E-state index contributed by atoms with van der Waals surface area (Å²) < 4.78 is 0.398. The van der Waals surface area contributed by atoms with Crippen LogP contribution in [0, 0.1) is 0 Å². The first-order valence-corrected chi connectivity index (χ1v) is 11.1. The van der Waals surface area contributed by atoms with Gasteiger partial charge in [-0.25, -0.2) is 0 Å². The van der Waals surface area contributed by atoms with Crippen molar-refractivity contribution in [3.63, 3.8) is 0 Å². The summed E-state index contributed by atoms with van der Waals surface area (Å²) in [6.45, 7) is 2.77. The van der Waals surface area contributed by atoms with Crippen LogP contribution in [0.1, 0.15) is 31.7 Å². The van der Waals surface area contributed by atoms with Crippen molar-refractivity contribution < 1.29 is 9.59 Å². The number of hydrogen-bond acceptors (Lipinski definition) is 4. The van der Waals surface area contributed by atoms with E-state index in [1.807, 2.05) is 24.3 Å². The first-order valence-electron chi connectivity index (χ1n) is 9.50. The molecule has 1 fully saturated rings. The maximum atomic E-state index is 13.3. The van der Waals surface area contributed by atoms with E-state index in [0.29, 0.717) is 32.1 Å². The molecule has 2 aliphatic rings. The van der Waals surface area contributed by atoms with Crippen molar-refractivity contribution in [2.75, 3.05) is 16.3 Å². The third-order valence-corrected chi connectivity index (χ3v) is 6.58. The highest BCUT2D eigenvalue weighted by Crippen LogP contribution is 2.45. The Morgan fingerprint density at radius 1 is 1.03 bits per heavy atom. The van der Waals surface area contributed by atoms with Gasteiger partial charge < -0.3 is 4.90 Å². The number of unbranched alkanes of at least 4 members (excludes halogenated alkanes) is 2. The Hall–Kier alpha value is -2.15. The quantitative estimate of drug-likeness (QED) is 0.340. The average molecular weight is 443 g/mol. The number of benzene rings is 2. The molecule has 0 spiro atoms. The van der Waals surface area contributed by atoms with E-state index in [9.17, 15) is 9.59 Å². The largest absolute Gasteiger partial charge is 0.308 e. The molecule has 0 radical (unpaired) electrons. The van der Waals surface area contributed by atoms with Crippen molar-refractivity contribution in [1.82, 2.24) is 0 Å². The van der Waals surface area contributed by atoms with Crippen LogP contribution in [0.25, 0.3) is 5.57 Å². The van der Waals surface area contributed by atoms with Gasteiger partial charge >= 0.3 is 0 Å². The second-order valence-corrected chi connectivity index (χ2v) is 8.95. The van der Waals surface area contributed by atoms with Gasteiger partial charge in [0.25, 0.3) is 11.8 Å². The summed E-state index contributed by atoms with van der Waals surface area (Å²) in [6, 6.07) is 14.6. The molecule has 1 saturated heterocycles. The smallest absolute Gasteiger partial charge is 0.271 e. The SMILES string of the molecule is CCCCCN1C(=O)/C(=C2\SC(=S)N(c3cccc(Cl)c3)C2=O)c2ccccc21. The average Bonchev–Trinajstić information content (AvgIpc) is 3.15. The molecule has 7 heteroatoms. The van der Waals surface area contributed by atoms with Gasteiger partial charge in [0.1, 0.15) is 0 Å². The zero-order valence-electron chi connectivity index (χ0n) is 15.9. The third kappa shape index (κ3) is 3.61. The molecule has 2 heterocycles. The molecule has 2 aromatic rings. The van der Waals surface area contributed by atoms with E-state index in [0.717, 1.165) is 30.5 Å². The van der Waals surface area contributed by atoms with E-state index in [2.05, 4.69) is 6.92 Å². The molecule has 0 N–H and O–H groups in total. The number of rotatable bonds is 5. The monoisotopic (exact) mass is 442 g/mol. The highest BCUT2D eigenvalue weighted by molar-refractivity contribution is 8.27. The van der Waals surface area contributed by atoms with E-state index in [1.165, 1.54) is 16.7 Å². The molecule has 0 saturated carbocycles. The van der Waals surface area contributed by atoms with Gasteiger partial charge in [0, 0.05) is 17.1 Å². The lowest BCUT2D eigenvalue weighted by Gasteiger charge is -2.16. The Labute approximate surface area is 184 Å². The fourth-order valence-corrected chi connectivity index (χ4v) is 5.15. The van der Waals surface area contributed by atoms with Crippen LogP contribution in [0.15, 0.2) is 53.4 Å². The summed E-state index contributed by atoms with van der Waals surface area (Å²) >= 11 is 12.7. The summed E-state index contributed by atoms with van der Waals surface area (Å²) in [4.78, 5) is 30.2. The van der Waals surface area contributed by atoms with Crippen molar-refractivity contribution in [3.05, 3.63) is 64.0 Å². The minimum atomic E-state index is -0.282. The number of thioether (sulfide) groups is 1. The van der Waals surface area contributed by atoms with Crippen LogP contribution in [-0.2, 0) is 9.59 Å². The molecule has 4 rings (SSSR count). The van der Waals surface area contributed by atoms with Gasteiger partial charge in [0.15, 0.2) is 4.32 Å². The van der Waals surface area contributed by atoms with Gasteiger partial charge in [0.2, 0.25) is 0 Å². The second-order valence-electron chi connectivity index (χ2n) is 6.87. The Balaban J connectivity index is 1.76. The van der Waals surface area contributed by atoms with Crippen molar-refractivity contribution in [1.29, 1.82) is 0 Å². The summed E-state index contributed by atoms with van der Waals surface area (Å²) in [5.74, 6) is -0.412. The Kier molecular flexibility index (Phi) is 5.76. The summed E-state index contributed by atoms with van der Waals surface area (Å²) in [5.41, 5.74) is 2.70. The van der Waals surface area contributed by atoms with E-state index < -0.39 is 0 Å². The Morgan fingerprint density at radius 3 is 2.59 bits per heavy atom. The molecule has 2 aromatic carbocycles. The maximum absolute atomic E-state index is 13.3. The summed E-state index contributed by atoms with van der Waals surface area (Å²) in [7, 11) is 0. The number of hydrogen-bond donors (Lipinski definition) is 0. The van der Waals surface area contributed by atoms with Crippen molar-refractivity contribution in [3.8, 4) is 0 Å². The van der Waals surface area contributed by atoms with Crippen LogP contribution >= 0.6 is 35.6 Å². The van der Waals surface area contributed by atoms with E-state index in [1.54, 1.807) is 29.2 Å². The molecule has 0 bridgehead atoms. The molecule has 29 heavy (non-hydrogen) atoms. The minimum absolute atomic E-state index is 0.131. The van der Waals surface area contributed by atoms with Crippen molar-refractivity contribution in [2.24, 2.45) is 0 Å². The highest BCUT2D eigenvalue weighted by Gasteiger charge is 2.42. The van der Waals surface area contributed by atoms with E-state index >= 15 is 0 Å². The number of carbonyl (C=O) groups excluding carboxylic acids is 2. The topological polar surface area (TPSA) is 40.6 Å². The van der Waals surface area contributed by atoms with Crippen LogP contribution in [0.5, 0.6) is 0 Å². The Bertz CT molecular complexity index is 1050. The van der Waals surface area contributed by atoms with E-state index in [-0.39, 0.29) is 11.8 Å². The minimum Gasteiger partial charge on any atom is -0.308 e. The van der Waals surface area contributed by atoms with Gasteiger partial charge in [0.05, 0.1) is 21.9 Å². The fraction of sp³-hybridized carbons (Fsp3) is 0.227. The van der Waals surface area contributed by atoms with Crippen LogP contribution in [0.2, 0.25) is 5.02 Å². The maximum Gasteiger partial charge on any atom is 0.271 e. The lowest BCUT2D eigenvalue weighted by atomic mass is 10.1. The predicted octanol–water partition coefficient (Wildman–Crippen LogP) is 5.65. The van der Waals surface area contributed by atoms with Gasteiger partial charge in [-0.05, 0) is 30.7 Å². The van der Waals surface area contributed by atoms with Crippen LogP contribution in [0.3, 0.4) is 0 Å². The Morgan fingerprint density at radius 2 is 1.83 bits per heavy atom. The molecule has 2 aliphatic heterocycles. The van der Waals surface area contributed by atoms with Crippen LogP contribution < -0.4 is 9.80 Å². The zero-order chi connectivity index (χ0) is 20.5. The molecule has 0 unspecified atom stereocenters. The number of thiocarbonyl (C=S) groups is 1. The van der Waals surface area contributed by atoms with Crippen LogP contribution in [0.4, 0.5) is 11.4 Å². The van der Waals surface area contributed by atoms with Crippen LogP contribution in [-0.4, -0.2) is 22.7 Å². The highest BCUT2D eigenvalue weighted by atomic mass is 35.5. The molecule has 148 valence electrons. The summed E-state index contributed by atoms with van der Waals surface area (Å²) in [6.07, 6.45) is 3.06. The standard InChI is InChI=1S/C22H19ClN2O2S2/c1-2-3-6-12-24-17-11-5-4-10-16(17)18(20(24)26)19-21(27)25(22(28)29-19)15-9-7-8-14(23)13-15/h4-5,7-11,13H,2-3,6,12H2,1H3/b19-18-. The zero-order valence-corrected chi connectivity index (χ0v) is 18.2. The van der Waals surface area contributed by atoms with Crippen molar-refractivity contribution >= 4 is 68.7 Å². The first-order chi connectivity index (χ1) is 14.0. The van der Waals surface area contributed by atoms with E-state index in [4.69, 9.17) is 23.8 Å². The number of amides is 2. The predicted molar refractivity (Wildman–Crippen MR) is 124 cm³/mol. The lowest BCUT2D eigenvalue weighted by Crippen LogP contribution is -2.29. The molecule has 4 nitrogen and oxygen atoms in total. The number of anilines is 2. The van der Waals surface area contributed by atoms with Gasteiger partial charge in [-0.3, -0.25) is 14.5 Å². The number of fused-ring (bicyclic) bond motifs is 1. The molecular weight excluding hydrogens is 424 g/mol. The van der Waals surface area contributed by atoms with Gasteiger partial charge in [-0.15, -0.1) is 0 Å². The normalized spacial score (nSPS) is 18.8. The fourth-order valence-electron chi connectivity index (χ4n) is 3.60. The van der Waals surface area contributed by atoms with Crippen molar-refractivity contribution in [2.45, 2.75) is 26.2 Å². The van der Waals surface area contributed by atoms with Gasteiger partial charge in [-0.1, -0.05) is 79.6 Å². The molecule has 0 atom stereocenters. The number of para-hydroxylation sites is 1. The number of nitrogens with zero attached hydrogens (tertiary/aromatic N) is 2. The molecule has 0 aromatic heterocycles. The van der Waals surface area contributed by atoms with Gasteiger partial charge in [-0.2, -0.15) is 0 Å². The number of halogens is 1. The number of carbonyl (C=O) groups is 2. The second kappa shape index (κ2) is 8.30.